The van der Waals surface area contributed by atoms with Gasteiger partial charge in [-0.1, -0.05) is 97.6 Å². The van der Waals surface area contributed by atoms with Crippen molar-refractivity contribution in [2.45, 2.75) is 400 Å². The molecule has 0 saturated carbocycles. The molecule has 3 aromatic rings. The molecule has 4 unspecified atom stereocenters. The van der Waals surface area contributed by atoms with E-state index in [9.17, 15) is 69.1 Å². The van der Waals surface area contributed by atoms with Crippen molar-refractivity contribution >= 4 is 90.7 Å². The summed E-state index contributed by atoms with van der Waals surface area (Å²) in [7, 11) is -9.19. The molecule has 0 spiro atoms. The highest BCUT2D eigenvalue weighted by molar-refractivity contribution is 7.86. The second-order valence-electron chi connectivity index (χ2n) is 45.5. The fraction of sp³-hybridized carbons (Fsp3) is 0.676. The number of ether oxygens (including phenoxy) is 7. The molecule has 3 aromatic carbocycles. The van der Waals surface area contributed by atoms with Crippen molar-refractivity contribution < 1.29 is 102 Å². The number of hydrogen-bond acceptors (Lipinski definition) is 24. The Balaban J connectivity index is 1.32. The summed E-state index contributed by atoms with van der Waals surface area (Å²) in [5, 5.41) is 6.10. The van der Waals surface area contributed by atoms with Gasteiger partial charge in [-0.25, -0.2) is 0 Å². The maximum absolute atomic E-state index is 14.3. The first-order valence-corrected chi connectivity index (χ1v) is 52.3. The Bertz CT molecular complexity index is 4970. The molecule has 0 aromatic heterocycles. The lowest BCUT2D eigenvalue weighted by Crippen LogP contribution is -2.42. The zero-order valence-electron chi connectivity index (χ0n) is 88.3. The SMILES string of the molecule is C=C(CC#CCCN(CCC(CC)(CC(=O)OC(C)(C)C)CC(Cc1ccc(NC(=O)CCCCCN2/C(=C/C=C/C3N(CCCCCC(=O)NCCCCC(CC(=O)C[C@@H](CCC(=O)OC(C)(C)C)C(=O)OC(C)(C)C)C(=O)OC(C)(C)C)c4ccc(S(=O)(=O)O)cc4C3(C)C)C(C)(C)c3cc(S(=O)(=O)O)ccc32)cc1)CN(CCC)CC(=O)OC(C)(C)C)CC(=O)OC(C)(C)C)OC(C)(C)C. The van der Waals surface area contributed by atoms with Crippen molar-refractivity contribution in [3.8, 4) is 11.8 Å². The van der Waals surface area contributed by atoms with Crippen LogP contribution >= 0.6 is 0 Å². The maximum Gasteiger partial charge on any atom is 0.320 e. The average Bonchev–Trinajstić information content (AvgIpc) is 1.59. The number of unbranched alkanes of at least 4 members (excludes halogenated alkanes) is 5. The van der Waals surface area contributed by atoms with Gasteiger partial charge in [-0.2, -0.15) is 16.8 Å². The van der Waals surface area contributed by atoms with Crippen LogP contribution in [0.15, 0.2) is 107 Å². The maximum atomic E-state index is 14.3. The van der Waals surface area contributed by atoms with Gasteiger partial charge in [0.15, 0.2) is 0 Å². The standard InChI is InChI=1S/C108H168N6O22S2/c1-29-61-112(75-96(121)134-103(16,17)18)73-78(71-108(30-2,72-94(119)132-101(10,11)12)59-65-111(74-95(120)133-102(13,14)15)62-39-31-34-43-76(3)130-99(4,5)6)66-77-49-52-81(53-50-77)110-92(117)48-36-33-41-64-114-88-57-55-84(138(127,128)129)70-86(88)107(27,28)90(114)46-42-45-89-106(25,26)85-69-83(137(124,125)126)54-56-87(85)113(89)63-40-32-35-47-91(116)109-60-38-37-44-79(97(122)135-104(19,20)21)67-82(115)68-80(98(123)136-105(22,23)24)51-58-93(118)131-100(7,8)9/h42,45-46,49-50,52-57,69-70,78-80,89H,3,29-30,32-33,35-41,43-44,47-48,51,58-68,71-75H2,1-2,4-28H3,(H,109,116)(H,110,117)(H,124,125,126)(H,127,128,129)/b45-42+,90-46+/t78?,79?,80-,89?,108?/m1/s1. The summed E-state index contributed by atoms with van der Waals surface area (Å²) >= 11 is 0. The zero-order valence-corrected chi connectivity index (χ0v) is 89.9. The van der Waals surface area contributed by atoms with Crippen LogP contribution in [-0.2, 0) is 114 Å². The predicted octanol–water partition coefficient (Wildman–Crippen LogP) is 20.2. The van der Waals surface area contributed by atoms with Crippen LogP contribution in [0.25, 0.3) is 0 Å². The zero-order chi connectivity index (χ0) is 104. The molecule has 0 aliphatic carbocycles. The summed E-state index contributed by atoms with van der Waals surface area (Å²) in [6.07, 6.45) is 14.7. The smallest absolute Gasteiger partial charge is 0.320 e. The number of benzene rings is 3. The third-order valence-electron chi connectivity index (χ3n) is 23.6. The molecule has 2 heterocycles. The third kappa shape index (κ3) is 43.6. The van der Waals surface area contributed by atoms with Gasteiger partial charge < -0.3 is 53.6 Å². The van der Waals surface area contributed by atoms with Crippen LogP contribution < -0.4 is 20.4 Å². The summed E-state index contributed by atoms with van der Waals surface area (Å²) in [6.45, 7) is 57.5. The molecule has 0 saturated heterocycles. The lowest BCUT2D eigenvalue weighted by atomic mass is 9.70. The van der Waals surface area contributed by atoms with Crippen LogP contribution in [0.5, 0.6) is 0 Å². The number of nitrogens with one attached hydrogen (secondary N) is 2. The predicted molar refractivity (Wildman–Crippen MR) is 543 cm³/mol. The Morgan fingerprint density at radius 2 is 1.04 bits per heavy atom. The largest absolute Gasteiger partial charge is 0.492 e. The summed E-state index contributed by atoms with van der Waals surface area (Å²) in [5.41, 5.74) is -1.91. The summed E-state index contributed by atoms with van der Waals surface area (Å²) in [6, 6.07) is 16.6. The number of carbonyl (C=O) groups excluding carboxylic acids is 9. The highest BCUT2D eigenvalue weighted by atomic mass is 32.2. The minimum atomic E-state index is -4.60. The van der Waals surface area contributed by atoms with E-state index < -0.39 is 105 Å². The summed E-state index contributed by atoms with van der Waals surface area (Å²) in [4.78, 5) is 130. The van der Waals surface area contributed by atoms with Gasteiger partial charge in [0.1, 0.15) is 50.7 Å². The van der Waals surface area contributed by atoms with Crippen LogP contribution in [0.1, 0.15) is 345 Å². The number of rotatable bonds is 53. The van der Waals surface area contributed by atoms with Crippen LogP contribution in [0.4, 0.5) is 17.1 Å². The van der Waals surface area contributed by atoms with Gasteiger partial charge >= 0.3 is 35.8 Å². The van der Waals surface area contributed by atoms with Gasteiger partial charge in [0.05, 0.1) is 53.6 Å². The molecule has 28 nitrogen and oxygen atoms in total. The Hall–Kier alpha value is -8.99. The Morgan fingerprint density at radius 1 is 0.536 bits per heavy atom. The van der Waals surface area contributed by atoms with Crippen molar-refractivity contribution in [1.29, 1.82) is 0 Å². The van der Waals surface area contributed by atoms with E-state index in [1.807, 2.05) is 152 Å². The van der Waals surface area contributed by atoms with E-state index in [2.05, 4.69) is 63.7 Å². The number of esters is 6. The number of Topliss-reactive ketones (excluding diaryl/α,β-unsaturated/α-hetero) is 1. The molecule has 0 bridgehead atoms. The quantitative estimate of drug-likeness (QED) is 0.0102. The van der Waals surface area contributed by atoms with Gasteiger partial charge in [0.25, 0.3) is 20.2 Å². The number of fused-ring (bicyclic) bond motifs is 2. The van der Waals surface area contributed by atoms with E-state index in [0.29, 0.717) is 158 Å². The molecule has 30 heteroatoms. The van der Waals surface area contributed by atoms with E-state index in [4.69, 9.17) is 33.2 Å². The lowest BCUT2D eigenvalue weighted by molar-refractivity contribution is -0.163. The molecule has 2 aliphatic rings. The van der Waals surface area contributed by atoms with E-state index in [-0.39, 0.29) is 122 Å². The molecular weight excluding hydrogens is 1800 g/mol. The first-order valence-electron chi connectivity index (χ1n) is 49.4. The van der Waals surface area contributed by atoms with Crippen LogP contribution in [0.3, 0.4) is 0 Å². The molecule has 138 heavy (non-hydrogen) atoms. The first-order chi connectivity index (χ1) is 63.5. The minimum Gasteiger partial charge on any atom is -0.492 e. The normalized spacial score (nSPS) is 16.1. The van der Waals surface area contributed by atoms with Crippen LogP contribution in [0, 0.1) is 35.0 Å². The molecule has 0 radical (unpaired) electrons. The highest BCUT2D eigenvalue weighted by Gasteiger charge is 2.46. The topological polar surface area (TPSA) is 364 Å². The third-order valence-corrected chi connectivity index (χ3v) is 25.3. The molecule has 2 amide bonds. The van der Waals surface area contributed by atoms with Crippen LogP contribution in [0.2, 0.25) is 0 Å². The number of carbonyl (C=O) groups is 9. The van der Waals surface area contributed by atoms with E-state index >= 15 is 0 Å². The highest BCUT2D eigenvalue weighted by Crippen LogP contribution is 2.51. The van der Waals surface area contributed by atoms with E-state index in [1.54, 1.807) is 74.4 Å². The molecular formula is C108H168N6O22S2. The van der Waals surface area contributed by atoms with Gasteiger partial charge in [-0.15, -0.1) is 5.92 Å². The second kappa shape index (κ2) is 51.6. The average molecular weight is 1970 g/mol. The Kier molecular flexibility index (Phi) is 44.7. The molecule has 774 valence electrons. The monoisotopic (exact) mass is 1970 g/mol. The van der Waals surface area contributed by atoms with Crippen molar-refractivity contribution in [1.82, 2.24) is 15.1 Å². The first kappa shape index (κ1) is 119. The van der Waals surface area contributed by atoms with E-state index in [1.165, 1.54) is 24.3 Å². The molecule has 0 fully saturated rings. The number of nitrogens with zero attached hydrogens (tertiary/aromatic N) is 4. The minimum absolute atomic E-state index is 0.00609. The number of allylic oxidation sites excluding steroid dienone is 4. The van der Waals surface area contributed by atoms with Crippen molar-refractivity contribution in [3.05, 3.63) is 114 Å². The molecule has 2 aliphatic heterocycles. The van der Waals surface area contributed by atoms with Crippen molar-refractivity contribution in [3.63, 3.8) is 0 Å². The van der Waals surface area contributed by atoms with Gasteiger partial charge in [-0.05, 0) is 318 Å². The number of amides is 2. The number of hydrogen-bond donors (Lipinski definition) is 4. The van der Waals surface area contributed by atoms with Gasteiger partial charge in [0, 0.05) is 105 Å². The fourth-order valence-electron chi connectivity index (χ4n) is 17.7. The summed E-state index contributed by atoms with van der Waals surface area (Å²) < 4.78 is 112. The van der Waals surface area contributed by atoms with Crippen molar-refractivity contribution in [2.24, 2.45) is 23.2 Å². The fourth-order valence-corrected chi connectivity index (χ4v) is 18.7. The van der Waals surface area contributed by atoms with Gasteiger partial charge in [-0.3, -0.25) is 62.1 Å². The van der Waals surface area contributed by atoms with Gasteiger partial charge in [0.2, 0.25) is 11.8 Å². The Morgan fingerprint density at radius 3 is 1.57 bits per heavy atom. The molecule has 5 rings (SSSR count). The second-order valence-corrected chi connectivity index (χ2v) is 48.3. The number of anilines is 3. The van der Waals surface area contributed by atoms with Crippen molar-refractivity contribution in [2.75, 3.05) is 74.0 Å². The molecule has 5 atom stereocenters. The molecule has 4 N–H and O–H groups in total. The summed E-state index contributed by atoms with van der Waals surface area (Å²) in [5.74, 6) is 1.65. The van der Waals surface area contributed by atoms with E-state index in [0.717, 1.165) is 29.1 Å². The number of ketones is 1. The lowest BCUT2D eigenvalue weighted by Gasteiger charge is -2.39. The van der Waals surface area contributed by atoms with Crippen LogP contribution in [-0.4, -0.2) is 193 Å². The Labute approximate surface area is 826 Å².